The van der Waals surface area contributed by atoms with Crippen LogP contribution in [0.25, 0.3) is 5.52 Å². The smallest absolute Gasteiger partial charge is 0.152 e. The maximum atomic E-state index is 4.64. The standard InChI is InChI=1S/C16H20N4S/c1-16(2,3)14-11-13-15(18-8-9-20(13)19-14)17-7-6-12-5-4-10-21-12/h4-5,8-11H,6-7H2,1-3H3,(H,17,18). The maximum absolute atomic E-state index is 4.64. The van der Waals surface area contributed by atoms with Gasteiger partial charge in [0, 0.05) is 29.2 Å². The van der Waals surface area contributed by atoms with Crippen LogP contribution in [0.3, 0.4) is 0 Å². The number of thiophene rings is 1. The van der Waals surface area contributed by atoms with Crippen LogP contribution in [0.1, 0.15) is 31.3 Å². The molecule has 0 aliphatic rings. The summed E-state index contributed by atoms with van der Waals surface area (Å²) in [5, 5.41) is 10.2. The van der Waals surface area contributed by atoms with Gasteiger partial charge in [-0.3, -0.25) is 0 Å². The Balaban J connectivity index is 1.80. The predicted octanol–water partition coefficient (Wildman–Crippen LogP) is 3.74. The van der Waals surface area contributed by atoms with Crippen LogP contribution in [-0.4, -0.2) is 21.1 Å². The Bertz CT molecular complexity index is 722. The number of fused-ring (bicyclic) bond motifs is 1. The molecule has 0 aliphatic heterocycles. The molecule has 0 atom stereocenters. The maximum Gasteiger partial charge on any atom is 0.152 e. The molecular formula is C16H20N4S. The molecule has 0 aromatic carbocycles. The molecule has 5 heteroatoms. The van der Waals surface area contributed by atoms with Crippen molar-refractivity contribution in [1.29, 1.82) is 0 Å². The van der Waals surface area contributed by atoms with E-state index in [1.54, 1.807) is 17.5 Å². The van der Waals surface area contributed by atoms with Crippen LogP contribution < -0.4 is 5.32 Å². The molecular weight excluding hydrogens is 280 g/mol. The number of nitrogens with one attached hydrogen (secondary N) is 1. The lowest BCUT2D eigenvalue weighted by Crippen LogP contribution is -2.11. The first-order valence-corrected chi connectivity index (χ1v) is 8.03. The molecule has 3 aromatic heterocycles. The third kappa shape index (κ3) is 3.08. The third-order valence-electron chi connectivity index (χ3n) is 3.40. The first kappa shape index (κ1) is 14.1. The van der Waals surface area contributed by atoms with E-state index >= 15 is 0 Å². The summed E-state index contributed by atoms with van der Waals surface area (Å²) in [7, 11) is 0. The summed E-state index contributed by atoms with van der Waals surface area (Å²) in [4.78, 5) is 5.84. The van der Waals surface area contributed by atoms with E-state index in [-0.39, 0.29) is 5.41 Å². The number of nitrogens with zero attached hydrogens (tertiary/aromatic N) is 3. The van der Waals surface area contributed by atoms with Crippen molar-refractivity contribution < 1.29 is 0 Å². The molecule has 4 nitrogen and oxygen atoms in total. The average Bonchev–Trinajstić information content (AvgIpc) is 3.06. The van der Waals surface area contributed by atoms with Gasteiger partial charge in [0.2, 0.25) is 0 Å². The lowest BCUT2D eigenvalue weighted by molar-refractivity contribution is 0.562. The van der Waals surface area contributed by atoms with Gasteiger partial charge in [0.25, 0.3) is 0 Å². The Morgan fingerprint density at radius 3 is 2.90 bits per heavy atom. The van der Waals surface area contributed by atoms with E-state index in [2.05, 4.69) is 59.7 Å². The molecule has 3 heterocycles. The SMILES string of the molecule is CC(C)(C)c1cc2c(NCCc3cccs3)nccn2n1. The van der Waals surface area contributed by atoms with Gasteiger partial charge in [-0.05, 0) is 23.9 Å². The second-order valence-corrected chi connectivity index (χ2v) is 7.17. The molecule has 21 heavy (non-hydrogen) atoms. The first-order chi connectivity index (χ1) is 10.0. The van der Waals surface area contributed by atoms with Gasteiger partial charge in [0.1, 0.15) is 5.52 Å². The predicted molar refractivity (Wildman–Crippen MR) is 88.2 cm³/mol. The second kappa shape index (κ2) is 5.48. The van der Waals surface area contributed by atoms with Gasteiger partial charge >= 0.3 is 0 Å². The van der Waals surface area contributed by atoms with Crippen molar-refractivity contribution in [3.05, 3.63) is 46.5 Å². The van der Waals surface area contributed by atoms with Crippen molar-refractivity contribution in [3.8, 4) is 0 Å². The van der Waals surface area contributed by atoms with E-state index in [1.165, 1.54) is 4.88 Å². The lowest BCUT2D eigenvalue weighted by atomic mass is 9.92. The first-order valence-electron chi connectivity index (χ1n) is 7.15. The Morgan fingerprint density at radius 2 is 2.19 bits per heavy atom. The lowest BCUT2D eigenvalue weighted by Gasteiger charge is -2.13. The van der Waals surface area contributed by atoms with Crippen molar-refractivity contribution in [2.45, 2.75) is 32.6 Å². The molecule has 110 valence electrons. The van der Waals surface area contributed by atoms with Crippen LogP contribution in [0.5, 0.6) is 0 Å². The van der Waals surface area contributed by atoms with E-state index in [0.29, 0.717) is 0 Å². The summed E-state index contributed by atoms with van der Waals surface area (Å²) >= 11 is 1.79. The molecule has 3 rings (SSSR count). The molecule has 0 amide bonds. The normalized spacial score (nSPS) is 12.0. The number of anilines is 1. The number of rotatable bonds is 4. The molecule has 0 saturated heterocycles. The fourth-order valence-electron chi connectivity index (χ4n) is 2.18. The number of hydrogen-bond donors (Lipinski definition) is 1. The summed E-state index contributed by atoms with van der Waals surface area (Å²) in [5.41, 5.74) is 2.16. The van der Waals surface area contributed by atoms with Crippen molar-refractivity contribution in [2.75, 3.05) is 11.9 Å². The Hall–Kier alpha value is -1.88. The zero-order valence-corrected chi connectivity index (χ0v) is 13.4. The Morgan fingerprint density at radius 1 is 1.33 bits per heavy atom. The molecule has 3 aromatic rings. The Labute approximate surface area is 128 Å². The van der Waals surface area contributed by atoms with E-state index in [9.17, 15) is 0 Å². The van der Waals surface area contributed by atoms with Crippen LogP contribution in [-0.2, 0) is 11.8 Å². The van der Waals surface area contributed by atoms with E-state index < -0.39 is 0 Å². The molecule has 0 spiro atoms. The van der Waals surface area contributed by atoms with Gasteiger partial charge in [-0.1, -0.05) is 26.8 Å². The minimum Gasteiger partial charge on any atom is -0.368 e. The van der Waals surface area contributed by atoms with Gasteiger partial charge in [-0.2, -0.15) is 5.10 Å². The molecule has 0 saturated carbocycles. The van der Waals surface area contributed by atoms with Crippen molar-refractivity contribution in [1.82, 2.24) is 14.6 Å². The van der Waals surface area contributed by atoms with Crippen LogP contribution in [0.15, 0.2) is 36.0 Å². The Kier molecular flexibility index (Phi) is 3.68. The summed E-state index contributed by atoms with van der Waals surface area (Å²) < 4.78 is 1.90. The number of aromatic nitrogens is 3. The average molecular weight is 300 g/mol. The zero-order valence-electron chi connectivity index (χ0n) is 12.6. The van der Waals surface area contributed by atoms with Gasteiger partial charge in [0.05, 0.1) is 5.69 Å². The molecule has 1 N–H and O–H groups in total. The van der Waals surface area contributed by atoms with Crippen molar-refractivity contribution >= 4 is 22.7 Å². The van der Waals surface area contributed by atoms with Crippen LogP contribution >= 0.6 is 11.3 Å². The fraction of sp³-hybridized carbons (Fsp3) is 0.375. The highest BCUT2D eigenvalue weighted by Gasteiger charge is 2.18. The van der Waals surface area contributed by atoms with Crippen molar-refractivity contribution in [3.63, 3.8) is 0 Å². The molecule has 0 aliphatic carbocycles. The van der Waals surface area contributed by atoms with E-state index in [1.807, 2.05) is 10.7 Å². The minimum absolute atomic E-state index is 0.0419. The van der Waals surface area contributed by atoms with Gasteiger partial charge in [-0.15, -0.1) is 11.3 Å². The highest BCUT2D eigenvalue weighted by molar-refractivity contribution is 7.09. The zero-order chi connectivity index (χ0) is 14.9. The molecule has 0 bridgehead atoms. The highest BCUT2D eigenvalue weighted by atomic mass is 32.1. The molecule has 0 radical (unpaired) electrons. The largest absolute Gasteiger partial charge is 0.368 e. The third-order valence-corrected chi connectivity index (χ3v) is 4.34. The second-order valence-electron chi connectivity index (χ2n) is 6.14. The van der Waals surface area contributed by atoms with Crippen LogP contribution in [0.4, 0.5) is 5.82 Å². The number of hydrogen-bond acceptors (Lipinski definition) is 4. The molecule has 0 fully saturated rings. The van der Waals surface area contributed by atoms with Crippen LogP contribution in [0.2, 0.25) is 0 Å². The summed E-state index contributed by atoms with van der Waals surface area (Å²) in [5.74, 6) is 0.900. The molecule has 0 unspecified atom stereocenters. The fourth-order valence-corrected chi connectivity index (χ4v) is 2.89. The topological polar surface area (TPSA) is 42.2 Å². The van der Waals surface area contributed by atoms with E-state index in [0.717, 1.165) is 30.0 Å². The monoisotopic (exact) mass is 300 g/mol. The quantitative estimate of drug-likeness (QED) is 0.798. The summed E-state index contributed by atoms with van der Waals surface area (Å²) in [6.45, 7) is 7.40. The van der Waals surface area contributed by atoms with Gasteiger partial charge in [-0.25, -0.2) is 9.50 Å². The highest BCUT2D eigenvalue weighted by Crippen LogP contribution is 2.24. The van der Waals surface area contributed by atoms with Crippen molar-refractivity contribution in [2.24, 2.45) is 0 Å². The van der Waals surface area contributed by atoms with Gasteiger partial charge < -0.3 is 5.32 Å². The van der Waals surface area contributed by atoms with Crippen LogP contribution in [0, 0.1) is 0 Å². The van der Waals surface area contributed by atoms with E-state index in [4.69, 9.17) is 0 Å². The summed E-state index contributed by atoms with van der Waals surface area (Å²) in [6, 6.07) is 6.38. The van der Waals surface area contributed by atoms with Gasteiger partial charge in [0.15, 0.2) is 5.82 Å². The minimum atomic E-state index is 0.0419. The summed E-state index contributed by atoms with van der Waals surface area (Å²) in [6.07, 6.45) is 4.70.